The van der Waals surface area contributed by atoms with Crippen LogP contribution < -0.4 is 9.64 Å². The molecule has 0 N–H and O–H groups in total. The number of anilines is 1. The molecule has 2 rings (SSSR count). The molecule has 0 aliphatic carbocycles. The maximum atomic E-state index is 5.71. The number of hydrogen-bond acceptors (Lipinski definition) is 2. The van der Waals surface area contributed by atoms with Crippen LogP contribution in [0.3, 0.4) is 0 Å². The number of rotatable bonds is 4. The zero-order valence-electron chi connectivity index (χ0n) is 12.1. The lowest BCUT2D eigenvalue weighted by molar-refractivity contribution is 0.414. The van der Waals surface area contributed by atoms with Crippen LogP contribution in [0.15, 0.2) is 48.5 Å². The van der Waals surface area contributed by atoms with Crippen molar-refractivity contribution in [2.45, 2.75) is 5.92 Å². The van der Waals surface area contributed by atoms with E-state index in [-0.39, 0.29) is 5.92 Å². The van der Waals surface area contributed by atoms with Crippen molar-refractivity contribution >= 4 is 5.69 Å². The quantitative estimate of drug-likeness (QED) is 0.784. The SMILES string of the molecule is C#CC(c1ccc(OC)cc1)c1ccc(N(C)C)cc1. The molecule has 2 aromatic rings. The van der Waals surface area contributed by atoms with Crippen LogP contribution in [0, 0.1) is 12.3 Å². The second kappa shape index (κ2) is 6.16. The number of methoxy groups -OCH3 is 1. The summed E-state index contributed by atoms with van der Waals surface area (Å²) < 4.78 is 5.17. The molecule has 0 heterocycles. The Morgan fingerprint density at radius 1 is 0.950 bits per heavy atom. The summed E-state index contributed by atoms with van der Waals surface area (Å²) in [6.07, 6.45) is 5.71. The molecule has 0 aromatic heterocycles. The van der Waals surface area contributed by atoms with E-state index in [9.17, 15) is 0 Å². The van der Waals surface area contributed by atoms with Crippen molar-refractivity contribution in [1.82, 2.24) is 0 Å². The Morgan fingerprint density at radius 3 is 1.85 bits per heavy atom. The highest BCUT2D eigenvalue weighted by molar-refractivity contribution is 5.49. The van der Waals surface area contributed by atoms with Crippen molar-refractivity contribution in [1.29, 1.82) is 0 Å². The molecule has 0 saturated carbocycles. The Labute approximate surface area is 121 Å². The fraction of sp³-hybridized carbons (Fsp3) is 0.222. The smallest absolute Gasteiger partial charge is 0.118 e. The van der Waals surface area contributed by atoms with Crippen LogP contribution in [-0.4, -0.2) is 21.2 Å². The van der Waals surface area contributed by atoms with Crippen LogP contribution in [0.2, 0.25) is 0 Å². The third-order valence-corrected chi connectivity index (χ3v) is 3.36. The van der Waals surface area contributed by atoms with Crippen LogP contribution >= 0.6 is 0 Å². The average molecular weight is 265 g/mol. The van der Waals surface area contributed by atoms with Crippen molar-refractivity contribution in [3.63, 3.8) is 0 Å². The van der Waals surface area contributed by atoms with Gasteiger partial charge < -0.3 is 9.64 Å². The summed E-state index contributed by atoms with van der Waals surface area (Å²) in [6, 6.07) is 16.3. The maximum Gasteiger partial charge on any atom is 0.118 e. The van der Waals surface area contributed by atoms with E-state index in [1.807, 2.05) is 38.4 Å². The molecule has 0 saturated heterocycles. The van der Waals surface area contributed by atoms with E-state index in [1.54, 1.807) is 7.11 Å². The topological polar surface area (TPSA) is 12.5 Å². The van der Waals surface area contributed by atoms with Gasteiger partial charge in [0.05, 0.1) is 13.0 Å². The summed E-state index contributed by atoms with van der Waals surface area (Å²) in [5.41, 5.74) is 3.40. The van der Waals surface area contributed by atoms with Gasteiger partial charge in [0.2, 0.25) is 0 Å². The number of nitrogens with zero attached hydrogens (tertiary/aromatic N) is 1. The van der Waals surface area contributed by atoms with Crippen molar-refractivity contribution in [3.05, 3.63) is 59.7 Å². The average Bonchev–Trinajstić information content (AvgIpc) is 2.49. The van der Waals surface area contributed by atoms with E-state index in [0.29, 0.717) is 0 Å². The second-order valence-electron chi connectivity index (χ2n) is 4.86. The monoisotopic (exact) mass is 265 g/mol. The lowest BCUT2D eigenvalue weighted by Gasteiger charge is -2.16. The third kappa shape index (κ3) is 2.95. The lowest BCUT2D eigenvalue weighted by Crippen LogP contribution is -2.08. The van der Waals surface area contributed by atoms with Crippen LogP contribution in [0.4, 0.5) is 5.69 Å². The van der Waals surface area contributed by atoms with Gasteiger partial charge in [-0.3, -0.25) is 0 Å². The van der Waals surface area contributed by atoms with E-state index < -0.39 is 0 Å². The minimum atomic E-state index is -0.0304. The van der Waals surface area contributed by atoms with Gasteiger partial charge in [0.15, 0.2) is 0 Å². The minimum Gasteiger partial charge on any atom is -0.497 e. The van der Waals surface area contributed by atoms with Crippen molar-refractivity contribution in [2.24, 2.45) is 0 Å². The van der Waals surface area contributed by atoms with Crippen LogP contribution in [0.1, 0.15) is 17.0 Å². The first-order valence-electron chi connectivity index (χ1n) is 6.53. The Balaban J connectivity index is 2.29. The molecule has 0 spiro atoms. The molecule has 0 aliphatic rings. The minimum absolute atomic E-state index is 0.0304. The normalized spacial score (nSPS) is 11.5. The van der Waals surface area contributed by atoms with Gasteiger partial charge in [-0.1, -0.05) is 30.2 Å². The molecular formula is C18H19NO. The largest absolute Gasteiger partial charge is 0.497 e. The number of hydrogen-bond donors (Lipinski definition) is 0. The molecule has 0 fully saturated rings. The van der Waals surface area contributed by atoms with E-state index in [0.717, 1.165) is 16.9 Å². The zero-order valence-corrected chi connectivity index (χ0v) is 12.1. The van der Waals surface area contributed by atoms with E-state index in [2.05, 4.69) is 35.1 Å². The summed E-state index contributed by atoms with van der Waals surface area (Å²) in [5, 5.41) is 0. The number of ether oxygens (including phenoxy) is 1. The molecule has 102 valence electrons. The lowest BCUT2D eigenvalue weighted by atomic mass is 9.92. The first kappa shape index (κ1) is 14.0. The van der Waals surface area contributed by atoms with Gasteiger partial charge in [-0.05, 0) is 35.4 Å². The fourth-order valence-corrected chi connectivity index (χ4v) is 2.15. The molecule has 20 heavy (non-hydrogen) atoms. The van der Waals surface area contributed by atoms with Crippen molar-refractivity contribution in [3.8, 4) is 18.1 Å². The van der Waals surface area contributed by atoms with Crippen LogP contribution in [-0.2, 0) is 0 Å². The predicted octanol–water partition coefficient (Wildman–Crippen LogP) is 3.53. The first-order valence-corrected chi connectivity index (χ1v) is 6.53. The van der Waals surface area contributed by atoms with Crippen molar-refractivity contribution in [2.75, 3.05) is 26.1 Å². The number of terminal acetylenes is 1. The molecule has 2 heteroatoms. The first-order chi connectivity index (χ1) is 9.65. The van der Waals surface area contributed by atoms with E-state index >= 15 is 0 Å². The summed E-state index contributed by atoms with van der Waals surface area (Å²) in [7, 11) is 5.71. The highest BCUT2D eigenvalue weighted by Crippen LogP contribution is 2.27. The molecule has 2 aromatic carbocycles. The summed E-state index contributed by atoms with van der Waals surface area (Å²) in [5.74, 6) is 3.68. The van der Waals surface area contributed by atoms with Gasteiger partial charge in [-0.2, -0.15) is 0 Å². The molecule has 1 atom stereocenters. The Kier molecular flexibility index (Phi) is 4.32. The van der Waals surface area contributed by atoms with Crippen molar-refractivity contribution < 1.29 is 4.74 Å². The third-order valence-electron chi connectivity index (χ3n) is 3.36. The highest BCUT2D eigenvalue weighted by Gasteiger charge is 2.11. The van der Waals surface area contributed by atoms with Gasteiger partial charge in [-0.15, -0.1) is 6.42 Å². The van der Waals surface area contributed by atoms with Gasteiger partial charge >= 0.3 is 0 Å². The Hall–Kier alpha value is -2.40. The molecule has 0 aliphatic heterocycles. The van der Waals surface area contributed by atoms with E-state index in [4.69, 9.17) is 11.2 Å². The summed E-state index contributed by atoms with van der Waals surface area (Å²) in [4.78, 5) is 2.07. The molecule has 0 amide bonds. The fourth-order valence-electron chi connectivity index (χ4n) is 2.15. The standard InChI is InChI=1S/C18H19NO/c1-5-18(15-8-12-17(20-4)13-9-15)14-6-10-16(11-7-14)19(2)3/h1,6-13,18H,2-4H3. The molecule has 0 bridgehead atoms. The molecule has 0 radical (unpaired) electrons. The second-order valence-corrected chi connectivity index (χ2v) is 4.86. The Bertz CT molecular complexity index is 591. The number of benzene rings is 2. The predicted molar refractivity (Wildman–Crippen MR) is 84.4 cm³/mol. The summed E-state index contributed by atoms with van der Waals surface area (Å²) in [6.45, 7) is 0. The molecule has 2 nitrogen and oxygen atoms in total. The Morgan fingerprint density at radius 2 is 1.45 bits per heavy atom. The van der Waals surface area contributed by atoms with E-state index in [1.165, 1.54) is 5.69 Å². The van der Waals surface area contributed by atoms with Crippen LogP contribution in [0.25, 0.3) is 0 Å². The van der Waals surface area contributed by atoms with Gasteiger partial charge in [0.1, 0.15) is 5.75 Å². The maximum absolute atomic E-state index is 5.71. The molecular weight excluding hydrogens is 246 g/mol. The van der Waals surface area contributed by atoms with Gasteiger partial charge in [0, 0.05) is 19.8 Å². The van der Waals surface area contributed by atoms with Gasteiger partial charge in [0.25, 0.3) is 0 Å². The summed E-state index contributed by atoms with van der Waals surface area (Å²) >= 11 is 0. The highest BCUT2D eigenvalue weighted by atomic mass is 16.5. The van der Waals surface area contributed by atoms with Crippen LogP contribution in [0.5, 0.6) is 5.75 Å². The molecule has 1 unspecified atom stereocenters. The zero-order chi connectivity index (χ0) is 14.5. The van der Waals surface area contributed by atoms with Gasteiger partial charge in [-0.25, -0.2) is 0 Å².